The molecule has 1 aliphatic rings. The van der Waals surface area contributed by atoms with Gasteiger partial charge in [-0.2, -0.15) is 0 Å². The van der Waals surface area contributed by atoms with Gasteiger partial charge in [0.2, 0.25) is 5.91 Å². The standard InChI is InChI=1S/C25H22N2O3/c1-18-11-13-20(14-12-18)16-26-24(28)17-27-21-9-5-6-10-22(21)30-23(25(27)29)15-19-7-3-2-4-8-19/h2-15H,16-17H2,1H3,(H,26,28). The summed E-state index contributed by atoms with van der Waals surface area (Å²) >= 11 is 0. The van der Waals surface area contributed by atoms with E-state index in [-0.39, 0.29) is 24.1 Å². The lowest BCUT2D eigenvalue weighted by molar-refractivity contribution is -0.123. The number of fused-ring (bicyclic) bond motifs is 1. The highest BCUT2D eigenvalue weighted by Gasteiger charge is 2.31. The minimum Gasteiger partial charge on any atom is -0.449 e. The van der Waals surface area contributed by atoms with Crippen molar-refractivity contribution in [1.82, 2.24) is 5.32 Å². The predicted molar refractivity (Wildman–Crippen MR) is 117 cm³/mol. The Bertz CT molecular complexity index is 1090. The summed E-state index contributed by atoms with van der Waals surface area (Å²) in [5.41, 5.74) is 3.60. The lowest BCUT2D eigenvalue weighted by atomic mass is 10.1. The van der Waals surface area contributed by atoms with Crippen LogP contribution in [0.1, 0.15) is 16.7 Å². The van der Waals surface area contributed by atoms with Crippen molar-refractivity contribution >= 4 is 23.6 Å². The van der Waals surface area contributed by atoms with E-state index in [1.165, 1.54) is 10.5 Å². The second-order valence-electron chi connectivity index (χ2n) is 7.14. The molecule has 0 unspecified atom stereocenters. The van der Waals surface area contributed by atoms with Crippen molar-refractivity contribution in [2.75, 3.05) is 11.4 Å². The SMILES string of the molecule is Cc1ccc(CNC(=O)CN2C(=O)C(=Cc3ccccc3)Oc3ccccc32)cc1. The topological polar surface area (TPSA) is 58.6 Å². The molecule has 0 saturated carbocycles. The number of hydrogen-bond acceptors (Lipinski definition) is 3. The lowest BCUT2D eigenvalue weighted by Crippen LogP contribution is -2.44. The van der Waals surface area contributed by atoms with E-state index in [1.807, 2.05) is 73.7 Å². The number of benzene rings is 3. The first-order valence-electron chi connectivity index (χ1n) is 9.78. The van der Waals surface area contributed by atoms with Crippen LogP contribution in [0.2, 0.25) is 0 Å². The highest BCUT2D eigenvalue weighted by atomic mass is 16.5. The number of nitrogens with one attached hydrogen (secondary N) is 1. The van der Waals surface area contributed by atoms with Gasteiger partial charge in [-0.15, -0.1) is 0 Å². The summed E-state index contributed by atoms with van der Waals surface area (Å²) in [6, 6.07) is 24.7. The number of carbonyl (C=O) groups is 2. The maximum Gasteiger partial charge on any atom is 0.294 e. The molecule has 30 heavy (non-hydrogen) atoms. The fourth-order valence-corrected chi connectivity index (χ4v) is 3.23. The van der Waals surface area contributed by atoms with Crippen molar-refractivity contribution < 1.29 is 14.3 Å². The number of carbonyl (C=O) groups excluding carboxylic acids is 2. The maximum atomic E-state index is 13.1. The second kappa shape index (κ2) is 8.66. The van der Waals surface area contributed by atoms with Crippen LogP contribution in [0.15, 0.2) is 84.6 Å². The number of amides is 2. The molecular weight excluding hydrogens is 376 g/mol. The Morgan fingerprint density at radius 2 is 1.67 bits per heavy atom. The van der Waals surface area contributed by atoms with Crippen LogP contribution in [0.3, 0.4) is 0 Å². The van der Waals surface area contributed by atoms with Gasteiger partial charge >= 0.3 is 0 Å². The molecule has 5 heteroatoms. The van der Waals surface area contributed by atoms with E-state index in [4.69, 9.17) is 4.74 Å². The van der Waals surface area contributed by atoms with Crippen LogP contribution in [-0.2, 0) is 16.1 Å². The average Bonchev–Trinajstić information content (AvgIpc) is 2.77. The molecule has 0 fully saturated rings. The van der Waals surface area contributed by atoms with E-state index in [9.17, 15) is 9.59 Å². The van der Waals surface area contributed by atoms with Crippen molar-refractivity contribution in [3.8, 4) is 5.75 Å². The average molecular weight is 398 g/mol. The monoisotopic (exact) mass is 398 g/mol. The van der Waals surface area contributed by atoms with E-state index in [1.54, 1.807) is 18.2 Å². The van der Waals surface area contributed by atoms with Gasteiger partial charge in [0, 0.05) is 6.54 Å². The molecule has 4 rings (SSSR count). The van der Waals surface area contributed by atoms with Crippen molar-refractivity contribution in [2.45, 2.75) is 13.5 Å². The summed E-state index contributed by atoms with van der Waals surface area (Å²) in [6.07, 6.45) is 1.69. The highest BCUT2D eigenvalue weighted by molar-refractivity contribution is 6.12. The van der Waals surface area contributed by atoms with Gasteiger partial charge in [-0.25, -0.2) is 0 Å². The first-order chi connectivity index (χ1) is 14.6. The van der Waals surface area contributed by atoms with Crippen LogP contribution in [-0.4, -0.2) is 18.4 Å². The fourth-order valence-electron chi connectivity index (χ4n) is 3.23. The molecule has 1 aliphatic heterocycles. The third-order valence-corrected chi connectivity index (χ3v) is 4.84. The normalized spacial score (nSPS) is 14.2. The Labute approximate surface area is 175 Å². The van der Waals surface area contributed by atoms with Gasteiger partial charge in [-0.3, -0.25) is 14.5 Å². The zero-order chi connectivity index (χ0) is 20.9. The molecule has 0 radical (unpaired) electrons. The Kier molecular flexibility index (Phi) is 5.61. The van der Waals surface area contributed by atoms with Gasteiger partial charge in [-0.05, 0) is 36.3 Å². The molecule has 1 N–H and O–H groups in total. The van der Waals surface area contributed by atoms with Crippen LogP contribution in [0.25, 0.3) is 6.08 Å². The summed E-state index contributed by atoms with van der Waals surface area (Å²) in [6.45, 7) is 2.34. The molecule has 0 atom stereocenters. The quantitative estimate of drug-likeness (QED) is 0.659. The van der Waals surface area contributed by atoms with Crippen LogP contribution < -0.4 is 15.0 Å². The number of nitrogens with zero attached hydrogens (tertiary/aromatic N) is 1. The summed E-state index contributed by atoms with van der Waals surface area (Å²) in [4.78, 5) is 27.2. The molecule has 0 aliphatic carbocycles. The smallest absolute Gasteiger partial charge is 0.294 e. The molecule has 0 saturated heterocycles. The summed E-state index contributed by atoms with van der Waals surface area (Å²) < 4.78 is 5.84. The molecule has 1 heterocycles. The molecule has 5 nitrogen and oxygen atoms in total. The fraction of sp³-hybridized carbons (Fsp3) is 0.120. The van der Waals surface area contributed by atoms with Crippen molar-refractivity contribution in [1.29, 1.82) is 0 Å². The predicted octanol–water partition coefficient (Wildman–Crippen LogP) is 4.08. The molecule has 3 aromatic carbocycles. The minimum absolute atomic E-state index is 0.0861. The van der Waals surface area contributed by atoms with E-state index in [0.717, 1.165) is 11.1 Å². The van der Waals surface area contributed by atoms with E-state index in [2.05, 4.69) is 5.32 Å². The van der Waals surface area contributed by atoms with Gasteiger partial charge in [0.15, 0.2) is 11.5 Å². The Hall–Kier alpha value is -3.86. The molecule has 0 aromatic heterocycles. The maximum absolute atomic E-state index is 13.1. The van der Waals surface area contributed by atoms with E-state index < -0.39 is 0 Å². The molecule has 0 spiro atoms. The molecule has 0 bridgehead atoms. The highest BCUT2D eigenvalue weighted by Crippen LogP contribution is 2.35. The summed E-state index contributed by atoms with van der Waals surface area (Å²) in [7, 11) is 0. The number of ether oxygens (including phenoxy) is 1. The zero-order valence-corrected chi connectivity index (χ0v) is 16.7. The first kappa shape index (κ1) is 19.5. The Balaban J connectivity index is 1.53. The van der Waals surface area contributed by atoms with Crippen LogP contribution in [0.4, 0.5) is 5.69 Å². The van der Waals surface area contributed by atoms with Crippen molar-refractivity contribution in [3.05, 3.63) is 101 Å². The molecule has 150 valence electrons. The number of anilines is 1. The third-order valence-electron chi connectivity index (χ3n) is 4.84. The van der Waals surface area contributed by atoms with Gasteiger partial charge < -0.3 is 10.1 Å². The summed E-state index contributed by atoms with van der Waals surface area (Å²) in [5, 5.41) is 2.89. The first-order valence-corrected chi connectivity index (χ1v) is 9.78. The van der Waals surface area contributed by atoms with Gasteiger partial charge in [-0.1, -0.05) is 72.3 Å². The summed E-state index contributed by atoms with van der Waals surface area (Å²) in [5.74, 6) is 0.152. The van der Waals surface area contributed by atoms with Crippen molar-refractivity contribution in [3.63, 3.8) is 0 Å². The van der Waals surface area contributed by atoms with Gasteiger partial charge in [0.05, 0.1) is 5.69 Å². The lowest BCUT2D eigenvalue weighted by Gasteiger charge is -2.30. The minimum atomic E-state index is -0.344. The third kappa shape index (κ3) is 4.41. The largest absolute Gasteiger partial charge is 0.449 e. The van der Waals surface area contributed by atoms with Crippen molar-refractivity contribution in [2.24, 2.45) is 0 Å². The molecular formula is C25H22N2O3. The van der Waals surface area contributed by atoms with Crippen LogP contribution in [0, 0.1) is 6.92 Å². The van der Waals surface area contributed by atoms with Gasteiger partial charge in [0.25, 0.3) is 5.91 Å². The molecule has 2 amide bonds. The van der Waals surface area contributed by atoms with Gasteiger partial charge in [0.1, 0.15) is 6.54 Å². The number of para-hydroxylation sites is 2. The zero-order valence-electron chi connectivity index (χ0n) is 16.7. The second-order valence-corrected chi connectivity index (χ2v) is 7.14. The van der Waals surface area contributed by atoms with Crippen LogP contribution >= 0.6 is 0 Å². The number of aryl methyl sites for hydroxylation is 1. The Morgan fingerprint density at radius 3 is 2.43 bits per heavy atom. The van der Waals surface area contributed by atoms with Crippen LogP contribution in [0.5, 0.6) is 5.75 Å². The van der Waals surface area contributed by atoms with E-state index >= 15 is 0 Å². The number of hydrogen-bond donors (Lipinski definition) is 1. The molecule has 3 aromatic rings. The van der Waals surface area contributed by atoms with E-state index in [0.29, 0.717) is 18.0 Å². The number of rotatable bonds is 5. The Morgan fingerprint density at radius 1 is 0.967 bits per heavy atom.